The van der Waals surface area contributed by atoms with Gasteiger partial charge >= 0.3 is 0 Å². The minimum Gasteiger partial charge on any atom is -0.356 e. The molecule has 96 valence electrons. The number of unbranched alkanes of at least 4 members (excludes halogenated alkanes) is 4. The number of hydrogen-bond donors (Lipinski definition) is 1. The van der Waals surface area contributed by atoms with E-state index in [-0.39, 0.29) is 5.91 Å². The molecule has 0 radical (unpaired) electrons. The third-order valence-corrected chi connectivity index (χ3v) is 3.72. The topological polar surface area (TPSA) is 29.1 Å². The fourth-order valence-corrected chi connectivity index (χ4v) is 2.47. The van der Waals surface area contributed by atoms with Crippen molar-refractivity contribution in [1.82, 2.24) is 5.32 Å². The number of rotatable bonds is 9. The lowest BCUT2D eigenvalue weighted by Gasteiger charge is -2.04. The summed E-state index contributed by atoms with van der Waals surface area (Å²) in [5, 5.41) is 5.05. The van der Waals surface area contributed by atoms with Gasteiger partial charge in [0.05, 0.1) is 0 Å². The third kappa shape index (κ3) is 7.16. The van der Waals surface area contributed by atoms with Crippen LogP contribution in [0.5, 0.6) is 0 Å². The maximum atomic E-state index is 11.5. The molecule has 1 aromatic rings. The predicted octanol–water partition coefficient (Wildman–Crippen LogP) is 3.77. The average molecular weight is 253 g/mol. The molecule has 0 bridgehead atoms. The lowest BCUT2D eigenvalue weighted by Crippen LogP contribution is -2.25. The van der Waals surface area contributed by atoms with Crippen molar-refractivity contribution < 1.29 is 4.79 Å². The van der Waals surface area contributed by atoms with Crippen LogP contribution in [0.1, 0.15) is 50.3 Å². The molecule has 0 fully saturated rings. The van der Waals surface area contributed by atoms with Gasteiger partial charge < -0.3 is 5.32 Å². The van der Waals surface area contributed by atoms with Crippen molar-refractivity contribution in [2.75, 3.05) is 6.54 Å². The first-order chi connectivity index (χ1) is 8.33. The molecule has 0 saturated heterocycles. The van der Waals surface area contributed by atoms with Crippen LogP contribution in [-0.2, 0) is 11.2 Å². The van der Waals surface area contributed by atoms with Gasteiger partial charge in [0.1, 0.15) is 0 Å². The molecule has 0 aliphatic heterocycles. The highest BCUT2D eigenvalue weighted by atomic mass is 32.1. The molecular weight excluding hydrogens is 230 g/mol. The van der Waals surface area contributed by atoms with Crippen molar-refractivity contribution in [2.24, 2.45) is 0 Å². The number of nitrogens with one attached hydrogen (secondary N) is 1. The molecule has 1 heterocycles. The zero-order chi connectivity index (χ0) is 12.3. The van der Waals surface area contributed by atoms with E-state index in [2.05, 4.69) is 29.8 Å². The lowest BCUT2D eigenvalue weighted by atomic mass is 10.1. The largest absolute Gasteiger partial charge is 0.356 e. The predicted molar refractivity (Wildman–Crippen MR) is 74.4 cm³/mol. The van der Waals surface area contributed by atoms with Crippen LogP contribution < -0.4 is 5.32 Å². The molecule has 0 saturated carbocycles. The van der Waals surface area contributed by atoms with Gasteiger partial charge in [0.15, 0.2) is 0 Å². The van der Waals surface area contributed by atoms with Crippen molar-refractivity contribution in [3.05, 3.63) is 22.4 Å². The molecule has 0 aromatic carbocycles. The van der Waals surface area contributed by atoms with Crippen LogP contribution in [0.15, 0.2) is 17.5 Å². The Kier molecular flexibility index (Phi) is 7.72. The normalized spacial score (nSPS) is 10.4. The fraction of sp³-hybridized carbons (Fsp3) is 0.643. The Hall–Kier alpha value is -0.830. The second-order valence-corrected chi connectivity index (χ2v) is 5.38. The Bertz CT molecular complexity index is 295. The van der Waals surface area contributed by atoms with Gasteiger partial charge in [0.25, 0.3) is 0 Å². The summed E-state index contributed by atoms with van der Waals surface area (Å²) in [5.74, 6) is 0.207. The van der Waals surface area contributed by atoms with Crippen LogP contribution in [0.4, 0.5) is 0 Å². The number of carbonyl (C=O) groups is 1. The first-order valence-electron chi connectivity index (χ1n) is 6.62. The molecule has 1 amide bonds. The lowest BCUT2D eigenvalue weighted by molar-refractivity contribution is -0.121. The number of carbonyl (C=O) groups excluding carboxylic acids is 1. The van der Waals surface area contributed by atoms with Crippen molar-refractivity contribution in [1.29, 1.82) is 0 Å². The monoisotopic (exact) mass is 253 g/mol. The minimum absolute atomic E-state index is 0.207. The first-order valence-corrected chi connectivity index (χ1v) is 7.50. The van der Waals surface area contributed by atoms with Gasteiger partial charge in [-0.25, -0.2) is 0 Å². The molecule has 0 spiro atoms. The smallest absolute Gasteiger partial charge is 0.220 e. The second-order valence-electron chi connectivity index (χ2n) is 4.34. The molecule has 1 aromatic heterocycles. The van der Waals surface area contributed by atoms with E-state index < -0.39 is 0 Å². The summed E-state index contributed by atoms with van der Waals surface area (Å²) >= 11 is 1.75. The molecular formula is C14H23NOS. The maximum Gasteiger partial charge on any atom is 0.220 e. The molecule has 2 nitrogen and oxygen atoms in total. The third-order valence-electron chi connectivity index (χ3n) is 2.78. The zero-order valence-corrected chi connectivity index (χ0v) is 11.5. The van der Waals surface area contributed by atoms with Crippen LogP contribution >= 0.6 is 11.3 Å². The molecule has 0 aliphatic rings. The Labute approximate surface area is 108 Å². The summed E-state index contributed by atoms with van der Waals surface area (Å²) in [7, 11) is 0. The van der Waals surface area contributed by atoms with E-state index >= 15 is 0 Å². The van der Waals surface area contributed by atoms with Gasteiger partial charge in [-0.1, -0.05) is 38.7 Å². The van der Waals surface area contributed by atoms with Crippen LogP contribution in [-0.4, -0.2) is 12.5 Å². The van der Waals surface area contributed by atoms with Gasteiger partial charge in [-0.2, -0.15) is 0 Å². The van der Waals surface area contributed by atoms with Crippen LogP contribution in [0.25, 0.3) is 0 Å². The van der Waals surface area contributed by atoms with Gasteiger partial charge in [0, 0.05) is 17.8 Å². The zero-order valence-electron chi connectivity index (χ0n) is 10.7. The van der Waals surface area contributed by atoms with E-state index in [0.29, 0.717) is 6.42 Å². The summed E-state index contributed by atoms with van der Waals surface area (Å²) in [6.45, 7) is 2.98. The summed E-state index contributed by atoms with van der Waals surface area (Å²) < 4.78 is 0. The van der Waals surface area contributed by atoms with E-state index in [9.17, 15) is 4.79 Å². The van der Waals surface area contributed by atoms with Crippen LogP contribution in [0.3, 0.4) is 0 Å². The first kappa shape index (κ1) is 14.2. The standard InChI is InChI=1S/C14H23NOS/c1-2-3-4-5-6-9-14(16)15-11-10-13-8-7-12-17-13/h7-8,12H,2-6,9-11H2,1H3,(H,15,16). The minimum atomic E-state index is 0.207. The Morgan fingerprint density at radius 1 is 1.29 bits per heavy atom. The van der Waals surface area contributed by atoms with Gasteiger partial charge in [-0.3, -0.25) is 4.79 Å². The SMILES string of the molecule is CCCCCCCC(=O)NCCc1cccs1. The van der Waals surface area contributed by atoms with E-state index in [1.54, 1.807) is 11.3 Å². The highest BCUT2D eigenvalue weighted by Crippen LogP contribution is 2.08. The van der Waals surface area contributed by atoms with Crippen molar-refractivity contribution in [3.8, 4) is 0 Å². The molecule has 1 N–H and O–H groups in total. The van der Waals surface area contributed by atoms with Crippen LogP contribution in [0.2, 0.25) is 0 Å². The number of amides is 1. The Morgan fingerprint density at radius 3 is 2.82 bits per heavy atom. The van der Waals surface area contributed by atoms with E-state index in [4.69, 9.17) is 0 Å². The van der Waals surface area contributed by atoms with E-state index in [1.807, 2.05) is 0 Å². The second kappa shape index (κ2) is 9.23. The quantitative estimate of drug-likeness (QED) is 0.667. The maximum absolute atomic E-state index is 11.5. The highest BCUT2D eigenvalue weighted by molar-refractivity contribution is 7.09. The molecule has 0 unspecified atom stereocenters. The summed E-state index contributed by atoms with van der Waals surface area (Å²) in [6.07, 6.45) is 7.68. The van der Waals surface area contributed by atoms with E-state index in [1.165, 1.54) is 30.6 Å². The average Bonchev–Trinajstić information content (AvgIpc) is 2.82. The van der Waals surface area contributed by atoms with Crippen molar-refractivity contribution in [3.63, 3.8) is 0 Å². The van der Waals surface area contributed by atoms with Crippen molar-refractivity contribution in [2.45, 2.75) is 51.9 Å². The summed E-state index contributed by atoms with van der Waals surface area (Å²) in [5.41, 5.74) is 0. The molecule has 17 heavy (non-hydrogen) atoms. The molecule has 0 aliphatic carbocycles. The number of thiophene rings is 1. The van der Waals surface area contributed by atoms with Gasteiger partial charge in [0.2, 0.25) is 5.91 Å². The van der Waals surface area contributed by atoms with Gasteiger partial charge in [-0.05, 0) is 24.3 Å². The van der Waals surface area contributed by atoms with Crippen molar-refractivity contribution >= 4 is 17.2 Å². The van der Waals surface area contributed by atoms with Gasteiger partial charge in [-0.15, -0.1) is 11.3 Å². The van der Waals surface area contributed by atoms with Crippen LogP contribution in [0, 0.1) is 0 Å². The van der Waals surface area contributed by atoms with E-state index in [0.717, 1.165) is 19.4 Å². The summed E-state index contributed by atoms with van der Waals surface area (Å²) in [6, 6.07) is 4.16. The Morgan fingerprint density at radius 2 is 2.12 bits per heavy atom. The summed E-state index contributed by atoms with van der Waals surface area (Å²) in [4.78, 5) is 12.8. The Balaban J connectivity index is 1.94. The molecule has 0 atom stereocenters. The molecule has 1 rings (SSSR count). The number of hydrogen-bond acceptors (Lipinski definition) is 2. The molecule has 3 heteroatoms. The fourth-order valence-electron chi connectivity index (χ4n) is 1.76. The highest BCUT2D eigenvalue weighted by Gasteiger charge is 2.00.